The molecule has 0 N–H and O–H groups in total. The van der Waals surface area contributed by atoms with Crippen molar-refractivity contribution in [3.63, 3.8) is 0 Å². The third kappa shape index (κ3) is 0.600. The summed E-state index contributed by atoms with van der Waals surface area (Å²) in [5.74, 6) is 1.31. The summed E-state index contributed by atoms with van der Waals surface area (Å²) in [5.41, 5.74) is -0.338. The molecule has 0 aromatic rings. The molecule has 3 fully saturated rings. The number of amides is 1. The quantitative estimate of drug-likeness (QED) is 0.528. The van der Waals surface area contributed by atoms with Gasteiger partial charge in [0.15, 0.2) is 0 Å². The van der Waals surface area contributed by atoms with E-state index in [9.17, 15) is 4.79 Å². The van der Waals surface area contributed by atoms with Crippen LogP contribution in [0.2, 0.25) is 0 Å². The first kappa shape index (κ1) is 6.89. The van der Waals surface area contributed by atoms with E-state index in [4.69, 9.17) is 4.74 Å². The molecule has 1 saturated carbocycles. The Labute approximate surface area is 71.7 Å². The fourth-order valence-electron chi connectivity index (χ4n) is 2.68. The second-order valence-electron chi connectivity index (χ2n) is 4.54. The fourth-order valence-corrected chi connectivity index (χ4v) is 2.68. The normalized spacial score (nSPS) is 47.7. The first-order chi connectivity index (χ1) is 5.61. The maximum absolute atomic E-state index is 11.7. The third-order valence-electron chi connectivity index (χ3n) is 3.41. The molecular weight excluding hydrogens is 154 g/mol. The van der Waals surface area contributed by atoms with Crippen LogP contribution in [0.25, 0.3) is 0 Å². The molecule has 3 atom stereocenters. The molecule has 3 heteroatoms. The van der Waals surface area contributed by atoms with Crippen molar-refractivity contribution in [1.29, 1.82) is 0 Å². The highest BCUT2D eigenvalue weighted by Gasteiger charge is 2.64. The molecule has 0 unspecified atom stereocenters. The molecule has 0 aromatic carbocycles. The molecule has 3 rings (SSSR count). The Bertz CT molecular complexity index is 261. The molecule has 3 aliphatic rings. The van der Waals surface area contributed by atoms with Crippen molar-refractivity contribution < 1.29 is 9.53 Å². The molecule has 12 heavy (non-hydrogen) atoms. The van der Waals surface area contributed by atoms with Crippen LogP contribution in [0.5, 0.6) is 0 Å². The average molecular weight is 167 g/mol. The number of hydrogen-bond acceptors (Lipinski definition) is 2. The van der Waals surface area contributed by atoms with E-state index >= 15 is 0 Å². The Morgan fingerprint density at radius 3 is 3.00 bits per heavy atom. The average Bonchev–Trinajstić information content (AvgIpc) is 2.64. The Kier molecular flexibility index (Phi) is 0.971. The highest BCUT2D eigenvalue weighted by Crippen LogP contribution is 2.55. The standard InChI is InChI=1S/C9H13NO2/c1-9(2)10-7(4-12-9)5-3-6(5)8(10)11/h5-7H,3-4H2,1-2H3/t5-,6+,7-/m1/s1. The minimum atomic E-state index is -0.338. The number of nitrogens with zero attached hydrogens (tertiary/aromatic N) is 1. The molecule has 2 saturated heterocycles. The lowest BCUT2D eigenvalue weighted by atomic mass is 10.2. The van der Waals surface area contributed by atoms with Crippen molar-refractivity contribution in [3.8, 4) is 0 Å². The van der Waals surface area contributed by atoms with Gasteiger partial charge in [0, 0.05) is 5.92 Å². The monoisotopic (exact) mass is 167 g/mol. The number of carbonyl (C=O) groups excluding carboxylic acids is 1. The van der Waals surface area contributed by atoms with Crippen molar-refractivity contribution in [2.75, 3.05) is 6.61 Å². The number of fused-ring (bicyclic) bond motifs is 3. The van der Waals surface area contributed by atoms with Crippen molar-refractivity contribution in [2.24, 2.45) is 11.8 Å². The zero-order valence-corrected chi connectivity index (χ0v) is 7.41. The zero-order chi connectivity index (χ0) is 8.51. The lowest BCUT2D eigenvalue weighted by molar-refractivity contribution is -0.144. The van der Waals surface area contributed by atoms with Gasteiger partial charge in [-0.15, -0.1) is 0 Å². The van der Waals surface area contributed by atoms with Gasteiger partial charge in [-0.3, -0.25) is 4.79 Å². The largest absolute Gasteiger partial charge is 0.354 e. The Hall–Kier alpha value is -0.570. The number of rotatable bonds is 0. The molecule has 0 aromatic heterocycles. The van der Waals surface area contributed by atoms with E-state index in [1.54, 1.807) is 0 Å². The van der Waals surface area contributed by atoms with Gasteiger partial charge >= 0.3 is 0 Å². The van der Waals surface area contributed by atoms with Gasteiger partial charge in [-0.25, -0.2) is 0 Å². The summed E-state index contributed by atoms with van der Waals surface area (Å²) in [6.45, 7) is 4.71. The predicted molar refractivity (Wildman–Crippen MR) is 42.3 cm³/mol. The van der Waals surface area contributed by atoms with Crippen LogP contribution in [-0.4, -0.2) is 29.2 Å². The zero-order valence-electron chi connectivity index (χ0n) is 7.41. The Morgan fingerprint density at radius 1 is 1.58 bits per heavy atom. The van der Waals surface area contributed by atoms with Crippen LogP contribution < -0.4 is 0 Å². The van der Waals surface area contributed by atoms with Crippen LogP contribution in [-0.2, 0) is 9.53 Å². The molecule has 0 spiro atoms. The summed E-state index contributed by atoms with van der Waals surface area (Å²) in [4.78, 5) is 13.6. The van der Waals surface area contributed by atoms with E-state index in [1.807, 2.05) is 18.7 Å². The summed E-state index contributed by atoms with van der Waals surface area (Å²) in [6, 6.07) is 0.400. The molecule has 1 aliphatic carbocycles. The summed E-state index contributed by atoms with van der Waals surface area (Å²) in [7, 11) is 0. The van der Waals surface area contributed by atoms with E-state index in [2.05, 4.69) is 0 Å². The molecule has 2 aliphatic heterocycles. The van der Waals surface area contributed by atoms with Crippen LogP contribution in [0.3, 0.4) is 0 Å². The number of hydrogen-bond donors (Lipinski definition) is 0. The van der Waals surface area contributed by atoms with E-state index in [-0.39, 0.29) is 5.72 Å². The van der Waals surface area contributed by atoms with Gasteiger partial charge in [0.1, 0.15) is 5.72 Å². The van der Waals surface area contributed by atoms with E-state index in [1.165, 1.54) is 0 Å². The van der Waals surface area contributed by atoms with Gasteiger partial charge in [-0.05, 0) is 26.2 Å². The number of piperidine rings is 1. The third-order valence-corrected chi connectivity index (χ3v) is 3.41. The van der Waals surface area contributed by atoms with Crippen LogP contribution in [0.4, 0.5) is 0 Å². The van der Waals surface area contributed by atoms with E-state index in [0.717, 1.165) is 13.0 Å². The predicted octanol–water partition coefficient (Wildman–Crippen LogP) is 0.600. The summed E-state index contributed by atoms with van der Waals surface area (Å²) >= 11 is 0. The van der Waals surface area contributed by atoms with Crippen LogP contribution in [0.1, 0.15) is 20.3 Å². The van der Waals surface area contributed by atoms with Crippen LogP contribution in [0, 0.1) is 11.8 Å². The number of carbonyl (C=O) groups is 1. The molecule has 2 heterocycles. The van der Waals surface area contributed by atoms with Gasteiger partial charge in [0.2, 0.25) is 5.91 Å². The Balaban J connectivity index is 1.99. The minimum Gasteiger partial charge on any atom is -0.354 e. The Morgan fingerprint density at radius 2 is 2.33 bits per heavy atom. The molecular formula is C9H13NO2. The number of ether oxygens (including phenoxy) is 1. The van der Waals surface area contributed by atoms with Crippen molar-refractivity contribution in [2.45, 2.75) is 32.0 Å². The van der Waals surface area contributed by atoms with Gasteiger partial charge < -0.3 is 9.64 Å². The highest BCUT2D eigenvalue weighted by atomic mass is 16.5. The second-order valence-corrected chi connectivity index (χ2v) is 4.54. The lowest BCUT2D eigenvalue weighted by Crippen LogP contribution is -2.45. The molecule has 0 radical (unpaired) electrons. The van der Waals surface area contributed by atoms with E-state index in [0.29, 0.717) is 23.8 Å². The van der Waals surface area contributed by atoms with Gasteiger partial charge in [0.25, 0.3) is 0 Å². The summed E-state index contributed by atoms with van der Waals surface area (Å²) < 4.78 is 5.58. The van der Waals surface area contributed by atoms with Crippen molar-refractivity contribution in [3.05, 3.63) is 0 Å². The second kappa shape index (κ2) is 1.69. The summed E-state index contributed by atoms with van der Waals surface area (Å²) in [5, 5.41) is 0. The minimum absolute atomic E-state index is 0.326. The van der Waals surface area contributed by atoms with Crippen LogP contribution in [0.15, 0.2) is 0 Å². The SMILES string of the molecule is CC1(C)OC[C@@H]2[C@@H]3C[C@@H]3C(=O)N21. The fraction of sp³-hybridized carbons (Fsp3) is 0.889. The van der Waals surface area contributed by atoms with E-state index < -0.39 is 0 Å². The molecule has 3 nitrogen and oxygen atoms in total. The maximum atomic E-state index is 11.7. The van der Waals surface area contributed by atoms with Crippen molar-refractivity contribution in [1.82, 2.24) is 4.90 Å². The van der Waals surface area contributed by atoms with Gasteiger partial charge in [0.05, 0.1) is 12.6 Å². The first-order valence-corrected chi connectivity index (χ1v) is 4.58. The van der Waals surface area contributed by atoms with Gasteiger partial charge in [-0.2, -0.15) is 0 Å². The van der Waals surface area contributed by atoms with Crippen LogP contribution >= 0.6 is 0 Å². The maximum Gasteiger partial charge on any atom is 0.228 e. The molecule has 66 valence electrons. The lowest BCUT2D eigenvalue weighted by Gasteiger charge is -2.30. The van der Waals surface area contributed by atoms with Gasteiger partial charge in [-0.1, -0.05) is 0 Å². The highest BCUT2D eigenvalue weighted by molar-refractivity contribution is 5.86. The molecule has 0 bridgehead atoms. The van der Waals surface area contributed by atoms with Crippen molar-refractivity contribution >= 4 is 5.91 Å². The molecule has 1 amide bonds. The smallest absolute Gasteiger partial charge is 0.228 e. The summed E-state index contributed by atoms with van der Waals surface area (Å²) in [6.07, 6.45) is 1.11. The topological polar surface area (TPSA) is 29.5 Å². The first-order valence-electron chi connectivity index (χ1n) is 4.58.